The molecule has 3 atom stereocenters. The number of hydrogen-bond acceptors (Lipinski definition) is 7. The smallest absolute Gasteiger partial charge is 0.336 e. The van der Waals surface area contributed by atoms with E-state index < -0.39 is 23.8 Å². The van der Waals surface area contributed by atoms with E-state index in [0.717, 1.165) is 0 Å². The number of ether oxygens (including phenoxy) is 3. The van der Waals surface area contributed by atoms with Gasteiger partial charge < -0.3 is 19.5 Å². The lowest BCUT2D eigenvalue weighted by molar-refractivity contribution is -0.151. The zero-order valence-electron chi connectivity index (χ0n) is 19.6. The van der Waals surface area contributed by atoms with Gasteiger partial charge in [-0.2, -0.15) is 0 Å². The van der Waals surface area contributed by atoms with E-state index in [4.69, 9.17) is 25.8 Å². The number of ketones is 1. The van der Waals surface area contributed by atoms with Gasteiger partial charge in [0.15, 0.2) is 5.78 Å². The standard InChI is InChI=1S/C25H30ClNO6/c1-13(2)32-9-10-33-25(30)20-15(4)27-18-11-14(3)19(24(29)31-5)23(28)22(18)21(20)16-7-6-8-17(26)12-16/h6-8,12-14,19,21,27H,9-11H2,1-5H3/t14-,19+,21-/m1/s1. The number of carbonyl (C=O) groups is 3. The molecular formula is C25H30ClNO6. The second-order valence-electron chi connectivity index (χ2n) is 8.65. The van der Waals surface area contributed by atoms with Crippen molar-refractivity contribution in [2.75, 3.05) is 20.3 Å². The van der Waals surface area contributed by atoms with Crippen LogP contribution >= 0.6 is 11.6 Å². The molecule has 0 spiro atoms. The van der Waals surface area contributed by atoms with Crippen molar-refractivity contribution < 1.29 is 28.6 Å². The quantitative estimate of drug-likeness (QED) is 0.363. The largest absolute Gasteiger partial charge is 0.468 e. The summed E-state index contributed by atoms with van der Waals surface area (Å²) < 4.78 is 15.9. The normalized spacial score (nSPS) is 22.8. The van der Waals surface area contributed by atoms with Crippen LogP contribution in [0.4, 0.5) is 0 Å². The average molecular weight is 476 g/mol. The van der Waals surface area contributed by atoms with Crippen LogP contribution in [0.1, 0.15) is 45.6 Å². The number of methoxy groups -OCH3 is 1. The Morgan fingerprint density at radius 3 is 2.61 bits per heavy atom. The molecule has 178 valence electrons. The molecule has 2 aliphatic rings. The second-order valence-corrected chi connectivity index (χ2v) is 9.08. The minimum atomic E-state index is -0.938. The zero-order chi connectivity index (χ0) is 24.3. The fourth-order valence-corrected chi connectivity index (χ4v) is 4.67. The Morgan fingerprint density at radius 2 is 1.97 bits per heavy atom. The van der Waals surface area contributed by atoms with Gasteiger partial charge in [0, 0.05) is 27.9 Å². The van der Waals surface area contributed by atoms with Crippen LogP contribution in [-0.2, 0) is 28.6 Å². The summed E-state index contributed by atoms with van der Waals surface area (Å²) in [6.07, 6.45) is 0.491. The number of benzene rings is 1. The van der Waals surface area contributed by atoms with Crippen molar-refractivity contribution in [3.05, 3.63) is 57.4 Å². The summed E-state index contributed by atoms with van der Waals surface area (Å²) in [5.41, 5.74) is 2.67. The lowest BCUT2D eigenvalue weighted by Crippen LogP contribution is -2.43. The van der Waals surface area contributed by atoms with Crippen LogP contribution < -0.4 is 5.32 Å². The molecule has 7 nitrogen and oxygen atoms in total. The summed E-state index contributed by atoms with van der Waals surface area (Å²) in [6, 6.07) is 7.03. The van der Waals surface area contributed by atoms with Gasteiger partial charge in [0.05, 0.1) is 25.4 Å². The first-order chi connectivity index (χ1) is 15.6. The fraction of sp³-hybridized carbons (Fsp3) is 0.480. The molecule has 1 N–H and O–H groups in total. The Balaban J connectivity index is 2.04. The number of Topliss-reactive ketones (excluding diaryl/α,β-unsaturated/α-hetero) is 1. The van der Waals surface area contributed by atoms with Gasteiger partial charge in [0.2, 0.25) is 0 Å². The Morgan fingerprint density at radius 1 is 1.24 bits per heavy atom. The van der Waals surface area contributed by atoms with Crippen LogP contribution in [-0.4, -0.2) is 44.1 Å². The molecule has 33 heavy (non-hydrogen) atoms. The fourth-order valence-electron chi connectivity index (χ4n) is 4.47. The molecule has 0 bridgehead atoms. The Labute approximate surface area is 199 Å². The van der Waals surface area contributed by atoms with Crippen LogP contribution in [0.2, 0.25) is 5.02 Å². The molecule has 1 aliphatic carbocycles. The number of esters is 2. The number of carbonyl (C=O) groups excluding carboxylic acids is 3. The number of allylic oxidation sites excluding steroid dienone is 3. The van der Waals surface area contributed by atoms with Crippen molar-refractivity contribution in [2.45, 2.75) is 46.1 Å². The molecule has 0 amide bonds. The molecule has 0 fully saturated rings. The summed E-state index contributed by atoms with van der Waals surface area (Å²) in [4.78, 5) is 39.3. The molecule has 0 saturated heterocycles. The van der Waals surface area contributed by atoms with Crippen LogP contribution in [0.25, 0.3) is 0 Å². The van der Waals surface area contributed by atoms with Gasteiger partial charge in [-0.25, -0.2) is 4.79 Å². The Kier molecular flexibility index (Phi) is 7.97. The maximum absolute atomic E-state index is 13.6. The van der Waals surface area contributed by atoms with E-state index in [0.29, 0.717) is 39.5 Å². The minimum Gasteiger partial charge on any atom is -0.468 e. The average Bonchev–Trinajstić information content (AvgIpc) is 2.75. The van der Waals surface area contributed by atoms with E-state index in [1.54, 1.807) is 25.1 Å². The van der Waals surface area contributed by atoms with Crippen LogP contribution in [0, 0.1) is 11.8 Å². The van der Waals surface area contributed by atoms with E-state index in [-0.39, 0.29) is 31.0 Å². The summed E-state index contributed by atoms with van der Waals surface area (Å²) in [6.45, 7) is 7.77. The summed E-state index contributed by atoms with van der Waals surface area (Å²) >= 11 is 6.26. The summed E-state index contributed by atoms with van der Waals surface area (Å²) in [7, 11) is 1.27. The maximum atomic E-state index is 13.6. The van der Waals surface area contributed by atoms with Gasteiger partial charge in [-0.3, -0.25) is 9.59 Å². The Hall–Kier alpha value is -2.64. The predicted molar refractivity (Wildman–Crippen MR) is 123 cm³/mol. The molecule has 0 aromatic heterocycles. The summed E-state index contributed by atoms with van der Waals surface area (Å²) in [5, 5.41) is 3.71. The van der Waals surface area contributed by atoms with Crippen molar-refractivity contribution in [1.82, 2.24) is 5.32 Å². The van der Waals surface area contributed by atoms with E-state index in [1.807, 2.05) is 26.8 Å². The number of rotatable bonds is 7. The monoisotopic (exact) mass is 475 g/mol. The molecule has 8 heteroatoms. The van der Waals surface area contributed by atoms with Gasteiger partial charge in [0.25, 0.3) is 0 Å². The van der Waals surface area contributed by atoms with Crippen molar-refractivity contribution in [3.8, 4) is 0 Å². The van der Waals surface area contributed by atoms with Gasteiger partial charge in [0.1, 0.15) is 12.5 Å². The molecule has 1 aliphatic heterocycles. The third-order valence-corrected chi connectivity index (χ3v) is 6.15. The van der Waals surface area contributed by atoms with E-state index >= 15 is 0 Å². The molecule has 1 aromatic rings. The lowest BCUT2D eigenvalue weighted by atomic mass is 9.69. The van der Waals surface area contributed by atoms with E-state index in [9.17, 15) is 14.4 Å². The first-order valence-corrected chi connectivity index (χ1v) is 11.4. The lowest BCUT2D eigenvalue weighted by Gasteiger charge is -2.38. The van der Waals surface area contributed by atoms with Crippen molar-refractivity contribution in [2.24, 2.45) is 11.8 Å². The van der Waals surface area contributed by atoms with Crippen molar-refractivity contribution in [3.63, 3.8) is 0 Å². The molecular weight excluding hydrogens is 446 g/mol. The SMILES string of the molecule is COC(=O)[C@@H]1C(=O)C2=C(C[C@H]1C)NC(C)=C(C(=O)OCCOC(C)C)[C@H]2c1cccc(Cl)c1. The third kappa shape index (κ3) is 5.31. The maximum Gasteiger partial charge on any atom is 0.336 e. The third-order valence-electron chi connectivity index (χ3n) is 5.91. The van der Waals surface area contributed by atoms with Crippen molar-refractivity contribution in [1.29, 1.82) is 0 Å². The molecule has 1 heterocycles. The van der Waals surface area contributed by atoms with Crippen molar-refractivity contribution >= 4 is 29.3 Å². The highest BCUT2D eigenvalue weighted by atomic mass is 35.5. The highest BCUT2D eigenvalue weighted by Crippen LogP contribution is 2.45. The predicted octanol–water partition coefficient (Wildman–Crippen LogP) is 3.92. The van der Waals surface area contributed by atoms with Gasteiger partial charge in [-0.1, -0.05) is 30.7 Å². The number of hydrogen-bond donors (Lipinski definition) is 1. The highest BCUT2D eigenvalue weighted by molar-refractivity contribution is 6.30. The molecule has 3 rings (SSSR count). The van der Waals surface area contributed by atoms with Gasteiger partial charge in [-0.05, 0) is 50.8 Å². The number of halogens is 1. The van der Waals surface area contributed by atoms with E-state index in [2.05, 4.69) is 5.32 Å². The molecule has 1 aromatic carbocycles. The van der Waals surface area contributed by atoms with Gasteiger partial charge in [-0.15, -0.1) is 0 Å². The topological polar surface area (TPSA) is 90.9 Å². The second kappa shape index (κ2) is 10.5. The first kappa shape index (κ1) is 25.0. The van der Waals surface area contributed by atoms with Crippen LogP contribution in [0.15, 0.2) is 46.8 Å². The number of dihydropyridines is 1. The zero-order valence-corrected chi connectivity index (χ0v) is 20.3. The number of nitrogens with one attached hydrogen (secondary N) is 1. The highest BCUT2D eigenvalue weighted by Gasteiger charge is 2.47. The molecule has 0 unspecified atom stereocenters. The first-order valence-electron chi connectivity index (χ1n) is 11.0. The van der Waals surface area contributed by atoms with Crippen LogP contribution in [0.5, 0.6) is 0 Å². The Bertz CT molecular complexity index is 1010. The molecule has 0 saturated carbocycles. The minimum absolute atomic E-state index is 0.0185. The summed E-state index contributed by atoms with van der Waals surface area (Å²) in [5.74, 6) is -3.38. The van der Waals surface area contributed by atoms with E-state index in [1.165, 1.54) is 7.11 Å². The van der Waals surface area contributed by atoms with Gasteiger partial charge >= 0.3 is 11.9 Å². The molecule has 0 radical (unpaired) electrons. The van der Waals surface area contributed by atoms with Crippen LogP contribution in [0.3, 0.4) is 0 Å².